The van der Waals surface area contributed by atoms with Crippen molar-refractivity contribution in [1.82, 2.24) is 4.98 Å². The van der Waals surface area contributed by atoms with Gasteiger partial charge in [0, 0.05) is 11.8 Å². The number of hydrogen-bond donors (Lipinski definition) is 0. The SMILES string of the molecule is CC(c1ccc(-c2ccccn2)cc1)(C(F)(F)F)C(F)(F)F. The minimum absolute atomic E-state index is 0.142. The van der Waals surface area contributed by atoms with E-state index >= 15 is 0 Å². The number of benzene rings is 1. The molecule has 0 aliphatic carbocycles. The molecule has 0 aliphatic heterocycles. The van der Waals surface area contributed by atoms with Crippen LogP contribution in [-0.2, 0) is 5.41 Å². The minimum Gasteiger partial charge on any atom is -0.256 e. The maximum atomic E-state index is 13.0. The third kappa shape index (κ3) is 2.67. The molecule has 0 atom stereocenters. The van der Waals surface area contributed by atoms with E-state index in [1.54, 1.807) is 18.2 Å². The van der Waals surface area contributed by atoms with E-state index < -0.39 is 23.3 Å². The van der Waals surface area contributed by atoms with Gasteiger partial charge in [0.15, 0.2) is 5.41 Å². The van der Waals surface area contributed by atoms with E-state index in [2.05, 4.69) is 4.98 Å². The zero-order valence-corrected chi connectivity index (χ0v) is 11.3. The predicted octanol–water partition coefficient (Wildman–Crippen LogP) is 5.13. The quantitative estimate of drug-likeness (QED) is 0.699. The monoisotopic (exact) mass is 319 g/mol. The molecule has 2 rings (SSSR count). The summed E-state index contributed by atoms with van der Waals surface area (Å²) in [6.45, 7) is 0.142. The smallest absolute Gasteiger partial charge is 0.256 e. The zero-order valence-electron chi connectivity index (χ0n) is 11.3. The summed E-state index contributed by atoms with van der Waals surface area (Å²) < 4.78 is 77.9. The summed E-state index contributed by atoms with van der Waals surface area (Å²) in [4.78, 5) is 3.99. The highest BCUT2D eigenvalue weighted by Gasteiger charge is 2.68. The molecule has 22 heavy (non-hydrogen) atoms. The average molecular weight is 319 g/mol. The van der Waals surface area contributed by atoms with E-state index in [9.17, 15) is 26.3 Å². The van der Waals surface area contributed by atoms with Crippen LogP contribution in [-0.4, -0.2) is 17.3 Å². The van der Waals surface area contributed by atoms with Crippen molar-refractivity contribution in [3.8, 4) is 11.3 Å². The van der Waals surface area contributed by atoms with E-state index in [0.29, 0.717) is 11.3 Å². The van der Waals surface area contributed by atoms with Crippen LogP contribution in [0.4, 0.5) is 26.3 Å². The molecule has 0 saturated heterocycles. The Hall–Kier alpha value is -2.05. The molecule has 0 amide bonds. The molecular weight excluding hydrogens is 308 g/mol. The van der Waals surface area contributed by atoms with Crippen molar-refractivity contribution in [3.05, 3.63) is 54.2 Å². The maximum Gasteiger partial charge on any atom is 0.406 e. The van der Waals surface area contributed by atoms with Gasteiger partial charge in [-0.05, 0) is 24.6 Å². The lowest BCUT2D eigenvalue weighted by atomic mass is 9.80. The van der Waals surface area contributed by atoms with E-state index in [1.165, 1.54) is 18.3 Å². The number of pyridine rings is 1. The highest BCUT2D eigenvalue weighted by atomic mass is 19.4. The number of rotatable bonds is 2. The van der Waals surface area contributed by atoms with E-state index in [1.807, 2.05) is 0 Å². The van der Waals surface area contributed by atoms with Crippen molar-refractivity contribution in [2.45, 2.75) is 24.7 Å². The molecule has 0 N–H and O–H groups in total. The normalized spacial score (nSPS) is 13.2. The number of aromatic nitrogens is 1. The summed E-state index contributed by atoms with van der Waals surface area (Å²) in [5.74, 6) is 0. The molecule has 1 heterocycles. The lowest BCUT2D eigenvalue weighted by molar-refractivity contribution is -0.297. The van der Waals surface area contributed by atoms with Gasteiger partial charge in [0.2, 0.25) is 0 Å². The third-order valence-corrected chi connectivity index (χ3v) is 3.56. The first kappa shape index (κ1) is 16.3. The van der Waals surface area contributed by atoms with Crippen molar-refractivity contribution in [2.75, 3.05) is 0 Å². The van der Waals surface area contributed by atoms with Crippen LogP contribution < -0.4 is 0 Å². The molecule has 0 aliphatic rings. The topological polar surface area (TPSA) is 12.9 Å². The fraction of sp³-hybridized carbons (Fsp3) is 0.267. The first-order valence-corrected chi connectivity index (χ1v) is 6.23. The van der Waals surface area contributed by atoms with Gasteiger partial charge in [-0.3, -0.25) is 4.98 Å². The van der Waals surface area contributed by atoms with Crippen LogP contribution >= 0.6 is 0 Å². The first-order chi connectivity index (χ1) is 10.1. The van der Waals surface area contributed by atoms with Crippen LogP contribution in [0, 0.1) is 0 Å². The fourth-order valence-electron chi connectivity index (χ4n) is 2.00. The molecule has 118 valence electrons. The Bertz CT molecular complexity index is 614. The van der Waals surface area contributed by atoms with Crippen molar-refractivity contribution < 1.29 is 26.3 Å². The number of hydrogen-bond acceptors (Lipinski definition) is 1. The Balaban J connectivity index is 2.48. The number of nitrogens with zero attached hydrogens (tertiary/aromatic N) is 1. The molecule has 7 heteroatoms. The van der Waals surface area contributed by atoms with Crippen molar-refractivity contribution in [2.24, 2.45) is 0 Å². The fourth-order valence-corrected chi connectivity index (χ4v) is 2.00. The van der Waals surface area contributed by atoms with Crippen molar-refractivity contribution in [3.63, 3.8) is 0 Å². The van der Waals surface area contributed by atoms with Gasteiger partial charge in [0.25, 0.3) is 0 Å². The van der Waals surface area contributed by atoms with Gasteiger partial charge in [-0.1, -0.05) is 30.3 Å². The molecule has 1 nitrogen and oxygen atoms in total. The lowest BCUT2D eigenvalue weighted by Crippen LogP contribution is -2.51. The molecule has 0 bridgehead atoms. The molecule has 0 saturated carbocycles. The Morgan fingerprint density at radius 2 is 1.32 bits per heavy atom. The Labute approximate surface area is 122 Å². The average Bonchev–Trinajstić information content (AvgIpc) is 2.45. The van der Waals surface area contributed by atoms with E-state index in [4.69, 9.17) is 0 Å². The molecule has 0 spiro atoms. The van der Waals surface area contributed by atoms with Gasteiger partial charge in [-0.15, -0.1) is 0 Å². The summed E-state index contributed by atoms with van der Waals surface area (Å²) >= 11 is 0. The summed E-state index contributed by atoms with van der Waals surface area (Å²) in [7, 11) is 0. The van der Waals surface area contributed by atoms with Gasteiger partial charge in [0.1, 0.15) is 0 Å². The number of alkyl halides is 6. The molecule has 1 aromatic heterocycles. The van der Waals surface area contributed by atoms with Gasteiger partial charge in [0.05, 0.1) is 5.69 Å². The molecule has 0 radical (unpaired) electrons. The summed E-state index contributed by atoms with van der Waals surface area (Å²) in [5, 5.41) is 0. The second kappa shape index (κ2) is 5.30. The summed E-state index contributed by atoms with van der Waals surface area (Å²) in [6.07, 6.45) is -9.41. The van der Waals surface area contributed by atoms with Crippen molar-refractivity contribution in [1.29, 1.82) is 0 Å². The zero-order chi connectivity index (χ0) is 16.6. The van der Waals surface area contributed by atoms with E-state index in [0.717, 1.165) is 12.1 Å². The van der Waals surface area contributed by atoms with Gasteiger partial charge in [-0.25, -0.2) is 0 Å². The second-order valence-corrected chi connectivity index (χ2v) is 4.91. The molecule has 2 aromatic rings. The Kier molecular flexibility index (Phi) is 3.93. The largest absolute Gasteiger partial charge is 0.406 e. The van der Waals surface area contributed by atoms with Crippen LogP contribution in [0.3, 0.4) is 0 Å². The standard InChI is InChI=1S/C15H11F6N/c1-13(14(16,17)18,15(19,20)21)11-7-5-10(6-8-11)12-4-2-3-9-22-12/h2-9H,1H3. The van der Waals surface area contributed by atoms with Crippen LogP contribution in [0.1, 0.15) is 12.5 Å². The van der Waals surface area contributed by atoms with Crippen LogP contribution in [0.5, 0.6) is 0 Å². The van der Waals surface area contributed by atoms with Crippen molar-refractivity contribution >= 4 is 0 Å². The summed E-state index contributed by atoms with van der Waals surface area (Å²) in [5.41, 5.74) is -3.86. The van der Waals surface area contributed by atoms with Gasteiger partial charge < -0.3 is 0 Å². The first-order valence-electron chi connectivity index (χ1n) is 6.23. The minimum atomic E-state index is -5.45. The lowest BCUT2D eigenvalue weighted by Gasteiger charge is -2.34. The summed E-state index contributed by atoms with van der Waals surface area (Å²) in [6, 6.07) is 9.02. The number of halogens is 6. The van der Waals surface area contributed by atoms with E-state index in [-0.39, 0.29) is 6.92 Å². The molecular formula is C15H11F6N. The van der Waals surface area contributed by atoms with Gasteiger partial charge in [-0.2, -0.15) is 26.3 Å². The second-order valence-electron chi connectivity index (χ2n) is 4.91. The van der Waals surface area contributed by atoms with Crippen LogP contribution in [0.25, 0.3) is 11.3 Å². The highest BCUT2D eigenvalue weighted by Crippen LogP contribution is 2.51. The maximum absolute atomic E-state index is 13.0. The molecule has 0 fully saturated rings. The third-order valence-electron chi connectivity index (χ3n) is 3.56. The van der Waals surface area contributed by atoms with Crippen LogP contribution in [0.15, 0.2) is 48.7 Å². The Morgan fingerprint density at radius 1 is 0.773 bits per heavy atom. The van der Waals surface area contributed by atoms with Crippen LogP contribution in [0.2, 0.25) is 0 Å². The highest BCUT2D eigenvalue weighted by molar-refractivity contribution is 5.59. The molecule has 1 aromatic carbocycles. The molecule has 0 unspecified atom stereocenters. The predicted molar refractivity (Wildman–Crippen MR) is 69.1 cm³/mol. The van der Waals surface area contributed by atoms with Gasteiger partial charge >= 0.3 is 12.4 Å². The Morgan fingerprint density at radius 3 is 1.73 bits per heavy atom.